The molecule has 10 heteroatoms. The van der Waals surface area contributed by atoms with E-state index in [9.17, 15) is 15.0 Å². The normalized spacial score (nSPS) is 29.2. The lowest BCUT2D eigenvalue weighted by atomic mass is 9.98. The van der Waals surface area contributed by atoms with Gasteiger partial charge in [0.05, 0.1) is 28.8 Å². The van der Waals surface area contributed by atoms with Gasteiger partial charge in [-0.3, -0.25) is 4.79 Å². The van der Waals surface area contributed by atoms with Gasteiger partial charge in [-0.1, -0.05) is 6.07 Å². The van der Waals surface area contributed by atoms with Crippen molar-refractivity contribution in [2.45, 2.75) is 24.7 Å². The minimum atomic E-state index is -1.14. The Kier molecular flexibility index (Phi) is 4.28. The molecule has 3 aromatic heterocycles. The van der Waals surface area contributed by atoms with Crippen molar-refractivity contribution in [2.24, 2.45) is 11.3 Å². The Balaban J connectivity index is 1.59. The van der Waals surface area contributed by atoms with E-state index in [1.165, 1.54) is 18.4 Å². The van der Waals surface area contributed by atoms with Crippen LogP contribution < -0.4 is 10.6 Å². The number of aromatic nitrogens is 4. The monoisotopic (exact) mass is 424 g/mol. The molecule has 9 nitrogen and oxygen atoms in total. The molecule has 2 fully saturated rings. The molecule has 2 aliphatic carbocycles. The summed E-state index contributed by atoms with van der Waals surface area (Å²) in [4.78, 5) is 26.7. The van der Waals surface area contributed by atoms with Gasteiger partial charge in [-0.15, -0.1) is 11.3 Å². The van der Waals surface area contributed by atoms with Crippen molar-refractivity contribution in [3.8, 4) is 11.8 Å². The summed E-state index contributed by atoms with van der Waals surface area (Å²) in [5.41, 5.74) is 0.0791. The van der Waals surface area contributed by atoms with Gasteiger partial charge in [-0.2, -0.15) is 0 Å². The van der Waals surface area contributed by atoms with Gasteiger partial charge in [0.1, 0.15) is 6.10 Å². The topological polar surface area (TPSA) is 125 Å². The van der Waals surface area contributed by atoms with Crippen LogP contribution in [0.3, 0.4) is 0 Å². The lowest BCUT2D eigenvalue weighted by Crippen LogP contribution is -2.41. The third-order valence-corrected chi connectivity index (χ3v) is 6.91. The highest BCUT2D eigenvalue weighted by Gasteiger charge is 2.75. The van der Waals surface area contributed by atoms with Crippen LogP contribution in [0.5, 0.6) is 0 Å². The minimum absolute atomic E-state index is 0.200. The van der Waals surface area contributed by atoms with Crippen molar-refractivity contribution < 1.29 is 15.0 Å². The average Bonchev–Trinajstić information content (AvgIpc) is 3.06. The van der Waals surface area contributed by atoms with E-state index < -0.39 is 23.7 Å². The fourth-order valence-corrected chi connectivity index (χ4v) is 5.19. The fraction of sp³-hybridized carbons (Fsp3) is 0.400. The molecule has 0 saturated heterocycles. The average molecular weight is 424 g/mol. The zero-order valence-corrected chi connectivity index (χ0v) is 17.1. The molecule has 0 aliphatic heterocycles. The van der Waals surface area contributed by atoms with Gasteiger partial charge in [-0.05, 0) is 29.7 Å². The van der Waals surface area contributed by atoms with Crippen LogP contribution in [-0.2, 0) is 4.79 Å². The molecule has 0 aromatic carbocycles. The van der Waals surface area contributed by atoms with Crippen LogP contribution in [-0.4, -0.2) is 61.9 Å². The first kappa shape index (κ1) is 19.0. The summed E-state index contributed by atoms with van der Waals surface area (Å²) in [7, 11) is 3.28. The van der Waals surface area contributed by atoms with E-state index in [1.54, 1.807) is 17.9 Å². The van der Waals surface area contributed by atoms with Gasteiger partial charge in [-0.25, -0.2) is 15.0 Å². The van der Waals surface area contributed by atoms with Crippen LogP contribution in [0.2, 0.25) is 0 Å². The third-order valence-electron chi connectivity index (χ3n) is 6.12. The number of aliphatic hydroxyl groups excluding tert-OH is 2. The van der Waals surface area contributed by atoms with Crippen LogP contribution in [0.1, 0.15) is 23.2 Å². The molecule has 0 radical (unpaired) electrons. The highest BCUT2D eigenvalue weighted by molar-refractivity contribution is 7.10. The molecule has 2 saturated carbocycles. The van der Waals surface area contributed by atoms with E-state index in [4.69, 9.17) is 0 Å². The lowest BCUT2D eigenvalue weighted by molar-refractivity contribution is -0.132. The van der Waals surface area contributed by atoms with E-state index in [0.717, 1.165) is 4.88 Å². The summed E-state index contributed by atoms with van der Waals surface area (Å²) in [6.45, 7) is 0. The quantitative estimate of drug-likeness (QED) is 0.447. The van der Waals surface area contributed by atoms with Crippen LogP contribution >= 0.6 is 11.3 Å². The molecule has 0 spiro atoms. The van der Waals surface area contributed by atoms with Crippen LogP contribution in [0.4, 0.5) is 5.82 Å². The number of fused-ring (bicyclic) bond motifs is 2. The summed E-state index contributed by atoms with van der Waals surface area (Å²) in [5, 5.41) is 29.0. The molecular formula is C20H20N6O3S. The van der Waals surface area contributed by atoms with Gasteiger partial charge >= 0.3 is 0 Å². The van der Waals surface area contributed by atoms with Crippen molar-refractivity contribution in [2.75, 3.05) is 19.4 Å². The zero-order chi connectivity index (χ0) is 21.0. The summed E-state index contributed by atoms with van der Waals surface area (Å²) >= 11 is 1.53. The first-order valence-electron chi connectivity index (χ1n) is 9.57. The summed E-state index contributed by atoms with van der Waals surface area (Å²) in [6, 6.07) is 3.33. The Morgan fingerprint density at radius 2 is 2.17 bits per heavy atom. The number of hydrogen-bond acceptors (Lipinski definition) is 8. The number of carbonyl (C=O) groups is 1. The SMILES string of the molecule is CNC(=O)[C@]12CC1[C@@H](n1cnc3c(NC)nc(C#Cc4cccs4)nc31)[C@H](O)C2O. The molecule has 3 aromatic rings. The number of anilines is 1. The smallest absolute Gasteiger partial charge is 0.229 e. The Morgan fingerprint density at radius 1 is 1.33 bits per heavy atom. The molecule has 1 amide bonds. The van der Waals surface area contributed by atoms with Crippen molar-refractivity contribution >= 4 is 34.2 Å². The third kappa shape index (κ3) is 2.56. The maximum absolute atomic E-state index is 12.4. The number of nitrogens with zero attached hydrogens (tertiary/aromatic N) is 4. The second kappa shape index (κ2) is 6.77. The molecule has 5 atom stereocenters. The second-order valence-corrected chi connectivity index (χ2v) is 8.50. The van der Waals surface area contributed by atoms with Gasteiger partial charge in [0.15, 0.2) is 17.0 Å². The molecule has 4 N–H and O–H groups in total. The first-order chi connectivity index (χ1) is 14.5. The Hall–Kier alpha value is -3.00. The van der Waals surface area contributed by atoms with E-state index in [-0.39, 0.29) is 11.8 Å². The number of aliphatic hydroxyl groups is 2. The highest BCUT2D eigenvalue weighted by atomic mass is 32.1. The van der Waals surface area contributed by atoms with Gasteiger partial charge in [0.2, 0.25) is 11.7 Å². The van der Waals surface area contributed by atoms with Crippen molar-refractivity contribution in [1.29, 1.82) is 0 Å². The van der Waals surface area contributed by atoms with Gasteiger partial charge < -0.3 is 25.4 Å². The molecule has 2 unspecified atom stereocenters. The predicted molar refractivity (Wildman–Crippen MR) is 111 cm³/mol. The van der Waals surface area contributed by atoms with E-state index in [2.05, 4.69) is 37.4 Å². The maximum Gasteiger partial charge on any atom is 0.229 e. The number of imidazole rings is 1. The fourth-order valence-electron chi connectivity index (χ4n) is 4.62. The molecule has 2 aliphatic rings. The molecule has 5 rings (SSSR count). The number of amides is 1. The van der Waals surface area contributed by atoms with Crippen molar-refractivity contribution in [3.05, 3.63) is 34.5 Å². The molecule has 3 heterocycles. The maximum atomic E-state index is 12.4. The number of nitrogens with one attached hydrogen (secondary N) is 2. The Bertz CT molecular complexity index is 1200. The lowest BCUT2D eigenvalue weighted by Gasteiger charge is -2.23. The van der Waals surface area contributed by atoms with Crippen molar-refractivity contribution in [3.63, 3.8) is 0 Å². The first-order valence-corrected chi connectivity index (χ1v) is 10.5. The van der Waals surface area contributed by atoms with E-state index in [0.29, 0.717) is 29.2 Å². The number of carbonyl (C=O) groups excluding carboxylic acids is 1. The van der Waals surface area contributed by atoms with Crippen molar-refractivity contribution in [1.82, 2.24) is 24.8 Å². The van der Waals surface area contributed by atoms with E-state index in [1.807, 2.05) is 17.5 Å². The van der Waals surface area contributed by atoms with Crippen LogP contribution in [0.25, 0.3) is 11.2 Å². The highest BCUT2D eigenvalue weighted by Crippen LogP contribution is 2.67. The number of thiophene rings is 1. The molecule has 0 bridgehead atoms. The van der Waals surface area contributed by atoms with Crippen LogP contribution in [0.15, 0.2) is 23.8 Å². The Labute approximate surface area is 176 Å². The summed E-state index contributed by atoms with van der Waals surface area (Å²) in [6.07, 6.45) is -0.166. The second-order valence-electron chi connectivity index (χ2n) is 7.55. The zero-order valence-electron chi connectivity index (χ0n) is 16.3. The van der Waals surface area contributed by atoms with Gasteiger partial charge in [0, 0.05) is 20.0 Å². The summed E-state index contributed by atoms with van der Waals surface area (Å²) in [5.74, 6) is 6.42. The molecular weight excluding hydrogens is 404 g/mol. The summed E-state index contributed by atoms with van der Waals surface area (Å²) < 4.78 is 1.74. The predicted octanol–water partition coefficient (Wildman–Crippen LogP) is 0.358. The largest absolute Gasteiger partial charge is 0.389 e. The van der Waals surface area contributed by atoms with Gasteiger partial charge in [0.25, 0.3) is 0 Å². The number of rotatable bonds is 3. The minimum Gasteiger partial charge on any atom is -0.389 e. The van der Waals surface area contributed by atoms with Crippen LogP contribution in [0, 0.1) is 23.2 Å². The number of hydrogen-bond donors (Lipinski definition) is 4. The molecule has 30 heavy (non-hydrogen) atoms. The standard InChI is InChI=1S/C20H20N6O3S/c1-21-17-13-18(25-12(24-17)6-5-10-4-3-7-30-10)26(9-23-13)14-11-8-20(11,19(29)22-2)16(28)15(14)27/h3-4,7,9,11,14-16,27-28H,8H2,1-2H3,(H,22,29)(H,21,24,25)/t11?,14-,15+,16?,20-/m1/s1. The molecule has 154 valence electrons. The van der Waals surface area contributed by atoms with E-state index >= 15 is 0 Å². The Morgan fingerprint density at radius 3 is 2.87 bits per heavy atom.